The van der Waals surface area contributed by atoms with Crippen molar-refractivity contribution in [1.29, 1.82) is 0 Å². The summed E-state index contributed by atoms with van der Waals surface area (Å²) in [6.07, 6.45) is 5.26. The number of carbonyl (C=O) groups is 2. The fourth-order valence-electron chi connectivity index (χ4n) is 1.64. The Labute approximate surface area is 165 Å². The molecule has 0 unspecified atom stereocenters. The van der Waals surface area contributed by atoms with Crippen LogP contribution in [0.15, 0.2) is 0 Å². The molecule has 1 N–H and O–H groups in total. The molecule has 0 aliphatic carbocycles. The highest BCUT2D eigenvalue weighted by atomic mass is 79.9. The van der Waals surface area contributed by atoms with Gasteiger partial charge < -0.3 is 14.0 Å². The number of unbranched alkanes of at least 4 members (excludes halogenated alkanes) is 2. The van der Waals surface area contributed by atoms with Crippen LogP contribution in [0.3, 0.4) is 0 Å². The standard InChI is InChI=1S/C10H19BrN2O3.C5H12.2C2H6/c1-3-13(8-7-12-2)9(14)5-4-6-10(15)16-11;1-3-5-4-2;2*1-2/h12H,3-8H2,1-2H3;3-5H2,1-2H3;2*1-2H3. The van der Waals surface area contributed by atoms with E-state index in [1.54, 1.807) is 4.90 Å². The fraction of sp³-hybridized carbons (Fsp3) is 0.895. The van der Waals surface area contributed by atoms with E-state index in [1.165, 1.54) is 19.3 Å². The molecule has 0 bridgehead atoms. The third-order valence-electron chi connectivity index (χ3n) is 2.93. The maximum absolute atomic E-state index is 11.7. The molecular formula is C19H43BrN2O3. The summed E-state index contributed by atoms with van der Waals surface area (Å²) < 4.78 is 4.32. The van der Waals surface area contributed by atoms with Crippen molar-refractivity contribution in [2.75, 3.05) is 26.7 Å². The van der Waals surface area contributed by atoms with Crippen LogP contribution < -0.4 is 5.32 Å². The third kappa shape index (κ3) is 28.5. The van der Waals surface area contributed by atoms with Gasteiger partial charge in [0.25, 0.3) is 0 Å². The van der Waals surface area contributed by atoms with E-state index >= 15 is 0 Å². The molecule has 0 aliphatic rings. The van der Waals surface area contributed by atoms with Gasteiger partial charge in [0.2, 0.25) is 5.91 Å². The van der Waals surface area contributed by atoms with Gasteiger partial charge in [-0.25, -0.2) is 0 Å². The highest BCUT2D eigenvalue weighted by Crippen LogP contribution is 2.03. The zero-order chi connectivity index (χ0) is 20.5. The summed E-state index contributed by atoms with van der Waals surface area (Å²) >= 11 is 2.61. The molecule has 0 aliphatic heterocycles. The Balaban J connectivity index is -0.000000205. The lowest BCUT2D eigenvalue weighted by atomic mass is 10.2. The van der Waals surface area contributed by atoms with Crippen LogP contribution in [-0.2, 0) is 13.4 Å². The van der Waals surface area contributed by atoms with Crippen molar-refractivity contribution in [3.8, 4) is 0 Å². The van der Waals surface area contributed by atoms with Gasteiger partial charge in [0.05, 0.1) is 0 Å². The number of halogens is 1. The van der Waals surface area contributed by atoms with Gasteiger partial charge in [-0.1, -0.05) is 60.8 Å². The van der Waals surface area contributed by atoms with Crippen LogP contribution in [0.4, 0.5) is 0 Å². The van der Waals surface area contributed by atoms with Crippen molar-refractivity contribution in [1.82, 2.24) is 10.2 Å². The predicted octanol–water partition coefficient (Wildman–Crippen LogP) is 5.33. The third-order valence-corrected chi connectivity index (χ3v) is 3.29. The first-order valence-corrected chi connectivity index (χ1v) is 10.5. The molecule has 0 fully saturated rings. The molecule has 0 aromatic carbocycles. The molecule has 0 aromatic heterocycles. The minimum atomic E-state index is -0.342. The summed E-state index contributed by atoms with van der Waals surface area (Å²) in [7, 11) is 1.85. The van der Waals surface area contributed by atoms with Crippen molar-refractivity contribution in [3.63, 3.8) is 0 Å². The summed E-state index contributed by atoms with van der Waals surface area (Å²) in [6.45, 7) is 16.6. The van der Waals surface area contributed by atoms with E-state index in [1.807, 2.05) is 41.7 Å². The van der Waals surface area contributed by atoms with E-state index in [0.717, 1.165) is 6.54 Å². The summed E-state index contributed by atoms with van der Waals surface area (Å²) in [6, 6.07) is 0. The van der Waals surface area contributed by atoms with E-state index < -0.39 is 0 Å². The molecule has 0 atom stereocenters. The first-order valence-electron chi connectivity index (χ1n) is 9.80. The summed E-state index contributed by atoms with van der Waals surface area (Å²) in [5.41, 5.74) is 0. The molecule has 154 valence electrons. The fourth-order valence-corrected chi connectivity index (χ4v) is 1.80. The first kappa shape index (κ1) is 32.1. The molecule has 6 heteroatoms. The van der Waals surface area contributed by atoms with Gasteiger partial charge >= 0.3 is 5.97 Å². The van der Waals surface area contributed by atoms with Crippen LogP contribution in [0, 0.1) is 0 Å². The summed E-state index contributed by atoms with van der Waals surface area (Å²) in [5, 5.41) is 3.00. The van der Waals surface area contributed by atoms with Crippen LogP contribution in [0.2, 0.25) is 0 Å². The Morgan fingerprint density at radius 3 is 1.80 bits per heavy atom. The molecule has 0 saturated heterocycles. The van der Waals surface area contributed by atoms with Crippen molar-refractivity contribution < 1.29 is 13.4 Å². The molecule has 0 rings (SSSR count). The maximum atomic E-state index is 11.7. The number of amides is 1. The highest BCUT2D eigenvalue weighted by Gasteiger charge is 2.11. The predicted molar refractivity (Wildman–Crippen MR) is 113 cm³/mol. The van der Waals surface area contributed by atoms with Crippen LogP contribution in [0.25, 0.3) is 0 Å². The molecule has 0 aromatic rings. The lowest BCUT2D eigenvalue weighted by molar-refractivity contribution is -0.133. The number of hydrogen-bond donors (Lipinski definition) is 1. The van der Waals surface area contributed by atoms with Gasteiger partial charge in [0.1, 0.15) is 0 Å². The Morgan fingerprint density at radius 2 is 1.48 bits per heavy atom. The van der Waals surface area contributed by atoms with Crippen molar-refractivity contribution >= 4 is 28.1 Å². The van der Waals surface area contributed by atoms with Gasteiger partial charge in [-0.3, -0.25) is 9.59 Å². The first-order chi connectivity index (χ1) is 12.1. The number of likely N-dealkylation sites (N-methyl/N-ethyl adjacent to an activating group) is 2. The zero-order valence-corrected chi connectivity index (χ0v) is 19.5. The monoisotopic (exact) mass is 426 g/mol. The molecule has 0 radical (unpaired) electrons. The van der Waals surface area contributed by atoms with Crippen molar-refractivity contribution in [2.45, 2.75) is 87.0 Å². The number of rotatable bonds is 10. The topological polar surface area (TPSA) is 58.6 Å². The average Bonchev–Trinajstić information content (AvgIpc) is 2.66. The van der Waals surface area contributed by atoms with E-state index in [9.17, 15) is 9.59 Å². The normalized spacial score (nSPS) is 8.52. The Morgan fingerprint density at radius 1 is 0.960 bits per heavy atom. The molecule has 0 saturated carbocycles. The van der Waals surface area contributed by atoms with Crippen LogP contribution in [0.1, 0.15) is 87.0 Å². The molecule has 0 spiro atoms. The van der Waals surface area contributed by atoms with Crippen molar-refractivity contribution in [3.05, 3.63) is 0 Å². The van der Waals surface area contributed by atoms with Crippen LogP contribution in [-0.4, -0.2) is 43.5 Å². The van der Waals surface area contributed by atoms with Gasteiger partial charge in [-0.05, 0) is 20.4 Å². The van der Waals surface area contributed by atoms with Crippen LogP contribution in [0.5, 0.6) is 0 Å². The Hall–Kier alpha value is -0.620. The van der Waals surface area contributed by atoms with Gasteiger partial charge in [-0.2, -0.15) is 0 Å². The van der Waals surface area contributed by atoms with Gasteiger partial charge in [0.15, 0.2) is 16.3 Å². The second-order valence-corrected chi connectivity index (χ2v) is 5.06. The van der Waals surface area contributed by atoms with E-state index in [-0.39, 0.29) is 18.3 Å². The Kier molecular flexibility index (Phi) is 40.0. The summed E-state index contributed by atoms with van der Waals surface area (Å²) in [5.74, 6) is -0.258. The maximum Gasteiger partial charge on any atom is 0.317 e. The smallest absolute Gasteiger partial charge is 0.317 e. The molecule has 5 nitrogen and oxygen atoms in total. The SMILES string of the molecule is CC.CC.CCCCC.CCN(CCNC)C(=O)CCCC(=O)OBr. The lowest BCUT2D eigenvalue weighted by Crippen LogP contribution is -2.35. The van der Waals surface area contributed by atoms with Crippen molar-refractivity contribution in [2.24, 2.45) is 0 Å². The van der Waals surface area contributed by atoms with Gasteiger partial charge in [0, 0.05) is 32.5 Å². The molecular weight excluding hydrogens is 384 g/mol. The Bertz CT molecular complexity index is 263. The quantitative estimate of drug-likeness (QED) is 0.512. The molecule has 0 heterocycles. The average molecular weight is 427 g/mol. The number of carbonyl (C=O) groups excluding carboxylic acids is 2. The van der Waals surface area contributed by atoms with E-state index in [4.69, 9.17) is 0 Å². The number of nitrogens with one attached hydrogen (secondary N) is 1. The van der Waals surface area contributed by atoms with E-state index in [2.05, 4.69) is 39.3 Å². The number of hydrogen-bond acceptors (Lipinski definition) is 4. The minimum absolute atomic E-state index is 0.0834. The summed E-state index contributed by atoms with van der Waals surface area (Å²) in [4.78, 5) is 24.3. The largest absolute Gasteiger partial charge is 0.384 e. The minimum Gasteiger partial charge on any atom is -0.384 e. The second kappa shape index (κ2) is 31.2. The lowest BCUT2D eigenvalue weighted by Gasteiger charge is -2.20. The second-order valence-electron chi connectivity index (χ2n) is 4.73. The number of nitrogens with zero attached hydrogens (tertiary/aromatic N) is 1. The highest BCUT2D eigenvalue weighted by molar-refractivity contribution is 9.06. The van der Waals surface area contributed by atoms with E-state index in [0.29, 0.717) is 25.9 Å². The zero-order valence-electron chi connectivity index (χ0n) is 17.9. The molecule has 1 amide bonds. The van der Waals surface area contributed by atoms with Gasteiger partial charge in [-0.15, -0.1) is 0 Å². The molecule has 25 heavy (non-hydrogen) atoms. The van der Waals surface area contributed by atoms with Crippen LogP contribution >= 0.6 is 16.3 Å².